The number of aromatic nitrogens is 3. The van der Waals surface area contributed by atoms with Crippen molar-refractivity contribution in [3.63, 3.8) is 0 Å². The molecule has 4 aromatic rings. The van der Waals surface area contributed by atoms with E-state index in [1.807, 2.05) is 25.3 Å². The fourth-order valence-electron chi connectivity index (χ4n) is 4.31. The third kappa shape index (κ3) is 2.72. The maximum absolute atomic E-state index is 11.4. The zero-order valence-electron chi connectivity index (χ0n) is 17.6. The molecule has 0 spiro atoms. The van der Waals surface area contributed by atoms with Gasteiger partial charge in [0.2, 0.25) is 0 Å². The lowest BCUT2D eigenvalue weighted by Crippen LogP contribution is -2.56. The summed E-state index contributed by atoms with van der Waals surface area (Å²) in [5.41, 5.74) is 3.10. The van der Waals surface area contributed by atoms with Gasteiger partial charge < -0.3 is 24.5 Å². The van der Waals surface area contributed by atoms with Crippen molar-refractivity contribution >= 4 is 37.6 Å². The summed E-state index contributed by atoms with van der Waals surface area (Å²) in [5, 5.41) is 20.2. The van der Waals surface area contributed by atoms with E-state index in [1.54, 1.807) is 48.1 Å². The van der Waals surface area contributed by atoms with Gasteiger partial charge in [0.15, 0.2) is 5.60 Å². The zero-order valence-corrected chi connectivity index (χ0v) is 17.6. The molecule has 0 aliphatic heterocycles. The number of nitrogens with one attached hydrogen (secondary N) is 2. The Labute approximate surface area is 175 Å². The maximum atomic E-state index is 11.4. The van der Waals surface area contributed by atoms with E-state index in [1.165, 1.54) is 0 Å². The lowest BCUT2D eigenvalue weighted by Gasteiger charge is -2.42. The molecule has 1 atom stereocenters. The monoisotopic (exact) mass is 400 g/mol. The number of aryl methyl sites for hydroxylation is 1. The molecule has 0 aliphatic rings. The molecule has 2 aromatic heterocycles. The van der Waals surface area contributed by atoms with Gasteiger partial charge in [-0.2, -0.15) is 5.26 Å². The van der Waals surface area contributed by atoms with Crippen molar-refractivity contribution in [2.45, 2.75) is 17.9 Å². The van der Waals surface area contributed by atoms with Gasteiger partial charge in [0.25, 0.3) is 0 Å². The Morgan fingerprint density at radius 3 is 2.60 bits per heavy atom. The van der Waals surface area contributed by atoms with Gasteiger partial charge >= 0.3 is 0 Å². The number of aliphatic hydroxyl groups is 1. The summed E-state index contributed by atoms with van der Waals surface area (Å²) in [6.45, 7) is 1.99. The summed E-state index contributed by atoms with van der Waals surface area (Å²) in [6, 6.07) is 11.2. The highest BCUT2D eigenvalue weighted by molar-refractivity contribution is 6.40. The standard InChI is InChI=1S/C21H22B2N4O3/c1-11-8-16(29-2)17(13-6-7-25-18(11)13)20(30-3,21(22,23)28)19-26-14-5-4-12(10-24)9-15(14)27-19/h4-9,25,28H,22-23H2,1-3H3,(H,26,27). The van der Waals surface area contributed by atoms with Crippen molar-refractivity contribution in [1.82, 2.24) is 15.0 Å². The van der Waals surface area contributed by atoms with Crippen LogP contribution in [0.1, 0.15) is 22.5 Å². The molecule has 2 aromatic carbocycles. The highest BCUT2D eigenvalue weighted by atomic mass is 16.5. The Bertz CT molecular complexity index is 1300. The Hall–Kier alpha value is -3.21. The molecule has 7 nitrogen and oxygen atoms in total. The van der Waals surface area contributed by atoms with E-state index in [0.29, 0.717) is 28.2 Å². The topological polar surface area (TPSA) is 107 Å². The summed E-state index contributed by atoms with van der Waals surface area (Å²) in [7, 11) is 6.51. The highest BCUT2D eigenvalue weighted by Crippen LogP contribution is 2.47. The van der Waals surface area contributed by atoms with Gasteiger partial charge in [-0.3, -0.25) is 0 Å². The van der Waals surface area contributed by atoms with Crippen molar-refractivity contribution in [1.29, 1.82) is 5.26 Å². The lowest BCUT2D eigenvalue weighted by molar-refractivity contribution is -0.0702. The predicted octanol–water partition coefficient (Wildman–Crippen LogP) is 1.04. The number of fused-ring (bicyclic) bond motifs is 2. The van der Waals surface area contributed by atoms with E-state index in [0.717, 1.165) is 22.0 Å². The Morgan fingerprint density at radius 1 is 1.20 bits per heavy atom. The quantitative estimate of drug-likeness (QED) is 0.434. The van der Waals surface area contributed by atoms with Crippen molar-refractivity contribution in [3.8, 4) is 11.8 Å². The molecular formula is C21H22B2N4O3. The molecule has 0 fully saturated rings. The molecular weight excluding hydrogens is 378 g/mol. The van der Waals surface area contributed by atoms with Crippen LogP contribution in [0.15, 0.2) is 36.5 Å². The van der Waals surface area contributed by atoms with Crippen LogP contribution in [0.2, 0.25) is 0 Å². The van der Waals surface area contributed by atoms with Crippen molar-refractivity contribution in [3.05, 3.63) is 59.0 Å². The van der Waals surface area contributed by atoms with Crippen LogP contribution in [0.5, 0.6) is 5.75 Å². The maximum Gasteiger partial charge on any atom is 0.167 e. The number of aromatic amines is 2. The number of H-pyrrole nitrogens is 2. The lowest BCUT2D eigenvalue weighted by atomic mass is 9.53. The number of hydrogen-bond acceptors (Lipinski definition) is 5. The van der Waals surface area contributed by atoms with Crippen LogP contribution in [0.3, 0.4) is 0 Å². The van der Waals surface area contributed by atoms with Crippen molar-refractivity contribution < 1.29 is 14.6 Å². The normalized spacial score (nSPS) is 14.0. The minimum atomic E-state index is -1.39. The number of nitriles is 1. The number of methoxy groups -OCH3 is 2. The summed E-state index contributed by atoms with van der Waals surface area (Å²) >= 11 is 0. The second-order valence-corrected chi connectivity index (χ2v) is 7.91. The molecule has 0 aliphatic carbocycles. The SMILES string of the molecule is BC(B)(O)C(OC)(c1nc2cc(C#N)ccc2[nH]1)c1c(OC)cc(C)c2[nH]ccc12. The second-order valence-electron chi connectivity index (χ2n) is 7.91. The van der Waals surface area contributed by atoms with Gasteiger partial charge in [0.1, 0.15) is 27.3 Å². The molecule has 30 heavy (non-hydrogen) atoms. The Kier molecular flexibility index (Phi) is 4.64. The Balaban J connectivity index is 2.13. The van der Waals surface area contributed by atoms with Crippen LogP contribution in [0, 0.1) is 18.3 Å². The fraction of sp³-hybridized carbons (Fsp3) is 0.238. The number of hydrogen-bond donors (Lipinski definition) is 3. The third-order valence-electron chi connectivity index (χ3n) is 5.69. The summed E-state index contributed by atoms with van der Waals surface area (Å²) < 4.78 is 11.9. The molecule has 0 saturated carbocycles. The molecule has 9 heteroatoms. The van der Waals surface area contributed by atoms with Crippen LogP contribution in [0.4, 0.5) is 0 Å². The van der Waals surface area contributed by atoms with E-state index in [9.17, 15) is 10.4 Å². The minimum Gasteiger partial charge on any atom is -0.496 e. The summed E-state index contributed by atoms with van der Waals surface area (Å²) in [4.78, 5) is 11.3. The van der Waals surface area contributed by atoms with Crippen molar-refractivity contribution in [2.75, 3.05) is 14.2 Å². The number of nitrogens with zero attached hydrogens (tertiary/aromatic N) is 2. The van der Waals surface area contributed by atoms with Gasteiger partial charge in [-0.1, -0.05) is 0 Å². The smallest absolute Gasteiger partial charge is 0.167 e. The van der Waals surface area contributed by atoms with E-state index in [2.05, 4.69) is 16.0 Å². The summed E-state index contributed by atoms with van der Waals surface area (Å²) in [5.74, 6) is 1.01. The molecule has 2 heterocycles. The molecule has 0 amide bonds. The van der Waals surface area contributed by atoms with E-state index < -0.39 is 11.0 Å². The van der Waals surface area contributed by atoms with Crippen molar-refractivity contribution in [2.24, 2.45) is 0 Å². The van der Waals surface area contributed by atoms with Gasteiger partial charge in [-0.25, -0.2) is 4.98 Å². The highest BCUT2D eigenvalue weighted by Gasteiger charge is 2.52. The van der Waals surface area contributed by atoms with Gasteiger partial charge in [0, 0.05) is 35.2 Å². The molecule has 150 valence electrons. The third-order valence-corrected chi connectivity index (χ3v) is 5.69. The second kappa shape index (κ2) is 6.94. The first-order valence-electron chi connectivity index (χ1n) is 9.60. The zero-order chi connectivity index (χ0) is 21.7. The van der Waals surface area contributed by atoms with E-state index >= 15 is 0 Å². The van der Waals surface area contributed by atoms with Crippen LogP contribution >= 0.6 is 0 Å². The fourth-order valence-corrected chi connectivity index (χ4v) is 4.31. The van der Waals surface area contributed by atoms with Crippen LogP contribution in [-0.2, 0) is 10.3 Å². The Morgan fingerprint density at radius 2 is 1.97 bits per heavy atom. The molecule has 0 bridgehead atoms. The minimum absolute atomic E-state index is 0.423. The van der Waals surface area contributed by atoms with Crippen LogP contribution < -0.4 is 4.74 Å². The predicted molar refractivity (Wildman–Crippen MR) is 120 cm³/mol. The first-order chi connectivity index (χ1) is 14.3. The molecule has 4 rings (SSSR count). The van der Waals surface area contributed by atoms with Gasteiger partial charge in [-0.05, 0) is 42.8 Å². The van der Waals surface area contributed by atoms with Crippen LogP contribution in [-0.4, -0.2) is 55.4 Å². The first-order valence-corrected chi connectivity index (χ1v) is 9.60. The largest absolute Gasteiger partial charge is 0.496 e. The number of imidazole rings is 1. The first kappa shape index (κ1) is 20.1. The molecule has 0 saturated heterocycles. The average Bonchev–Trinajstić information content (AvgIpc) is 3.35. The molecule has 0 radical (unpaired) electrons. The van der Waals surface area contributed by atoms with Gasteiger partial charge in [-0.15, -0.1) is 0 Å². The average molecular weight is 400 g/mol. The molecule has 3 N–H and O–H groups in total. The number of rotatable bonds is 5. The van der Waals surface area contributed by atoms with E-state index in [-0.39, 0.29) is 0 Å². The van der Waals surface area contributed by atoms with Gasteiger partial charge in [0.05, 0.1) is 29.8 Å². The summed E-state index contributed by atoms with van der Waals surface area (Å²) in [6.07, 6.45) is 1.85. The van der Waals surface area contributed by atoms with Crippen LogP contribution in [0.25, 0.3) is 21.9 Å². The molecule has 1 unspecified atom stereocenters. The number of benzene rings is 2. The van der Waals surface area contributed by atoms with E-state index in [4.69, 9.17) is 14.5 Å². The number of ether oxygens (including phenoxy) is 2.